The van der Waals surface area contributed by atoms with E-state index < -0.39 is 29.9 Å². The van der Waals surface area contributed by atoms with Gasteiger partial charge in [0.15, 0.2) is 12.1 Å². The molecule has 1 aromatic rings. The number of aliphatic imine (C=N–C) groups is 1. The van der Waals surface area contributed by atoms with Crippen molar-refractivity contribution >= 4 is 29.8 Å². The summed E-state index contributed by atoms with van der Waals surface area (Å²) in [7, 11) is 0. The Morgan fingerprint density at radius 2 is 1.86 bits per heavy atom. The molecule has 1 aromatic heterocycles. The molecule has 2 heterocycles. The van der Waals surface area contributed by atoms with Crippen molar-refractivity contribution in [2.75, 3.05) is 0 Å². The maximum absolute atomic E-state index is 12.1. The summed E-state index contributed by atoms with van der Waals surface area (Å²) in [4.78, 5) is 42.0. The molecule has 1 aliphatic heterocycles. The number of nitrogens with two attached hydrogens (primary N) is 1. The van der Waals surface area contributed by atoms with Gasteiger partial charge in [-0.3, -0.25) is 9.59 Å². The van der Waals surface area contributed by atoms with Gasteiger partial charge in [0.2, 0.25) is 17.7 Å². The largest absolute Gasteiger partial charge is 0.480 e. The van der Waals surface area contributed by atoms with Crippen LogP contribution in [-0.4, -0.2) is 63.2 Å². The molecule has 0 radical (unpaired) electrons. The van der Waals surface area contributed by atoms with Gasteiger partial charge in [-0.05, 0) is 39.0 Å². The first-order chi connectivity index (χ1) is 17.6. The van der Waals surface area contributed by atoms with E-state index in [0.717, 1.165) is 11.3 Å². The second kappa shape index (κ2) is 14.2. The highest BCUT2D eigenvalue weighted by molar-refractivity contribution is 5.97. The minimum absolute atomic E-state index is 0.0674. The Kier molecular flexibility index (Phi) is 11.1. The molecule has 0 saturated carbocycles. The van der Waals surface area contributed by atoms with Crippen LogP contribution in [0.5, 0.6) is 0 Å². The number of amides is 2. The number of carbonyl (C=O) groups excluding carboxylic acids is 2. The Balaban J connectivity index is 1.87. The van der Waals surface area contributed by atoms with Crippen molar-refractivity contribution in [1.29, 1.82) is 0 Å². The van der Waals surface area contributed by atoms with Crippen molar-refractivity contribution in [3.05, 3.63) is 89.9 Å². The SMILES string of the molecule is CC(/C=C/C=C/C=C/C=C(\C)C(=O)N[C@H](C(=O)O)[C@H](O)C(N)=O)=C\[C@H]1N=C(/C=C/c2ccc[nH]2)O[C@@H]1C. The smallest absolute Gasteiger partial charge is 0.329 e. The lowest BCUT2D eigenvalue weighted by atomic mass is 10.1. The number of nitrogens with one attached hydrogen (secondary N) is 2. The first-order valence-corrected chi connectivity index (χ1v) is 11.5. The third-order valence-corrected chi connectivity index (χ3v) is 5.19. The van der Waals surface area contributed by atoms with Crippen LogP contribution >= 0.6 is 0 Å². The number of H-pyrrole nitrogens is 1. The Morgan fingerprint density at radius 3 is 2.51 bits per heavy atom. The lowest BCUT2D eigenvalue weighted by molar-refractivity contribution is -0.148. The number of carbonyl (C=O) groups is 3. The van der Waals surface area contributed by atoms with E-state index in [9.17, 15) is 19.5 Å². The van der Waals surface area contributed by atoms with E-state index in [2.05, 4.69) is 15.3 Å². The molecule has 1 aliphatic rings. The van der Waals surface area contributed by atoms with Gasteiger partial charge in [-0.25, -0.2) is 9.79 Å². The van der Waals surface area contributed by atoms with Crippen molar-refractivity contribution in [3.63, 3.8) is 0 Å². The highest BCUT2D eigenvalue weighted by atomic mass is 16.5. The van der Waals surface area contributed by atoms with Gasteiger partial charge in [0.05, 0.1) is 0 Å². The Morgan fingerprint density at radius 1 is 1.16 bits per heavy atom. The number of primary amides is 1. The van der Waals surface area contributed by atoms with Crippen LogP contribution in [0, 0.1) is 0 Å². The summed E-state index contributed by atoms with van der Waals surface area (Å²) in [5.41, 5.74) is 7.07. The maximum atomic E-state index is 12.1. The number of aliphatic carboxylic acids is 1. The van der Waals surface area contributed by atoms with E-state index in [1.165, 1.54) is 13.0 Å². The number of aliphatic hydroxyl groups excluding tert-OH is 1. The number of aromatic nitrogens is 1. The molecule has 0 saturated heterocycles. The highest BCUT2D eigenvalue weighted by Gasteiger charge is 2.32. The molecule has 10 heteroatoms. The van der Waals surface area contributed by atoms with Gasteiger partial charge >= 0.3 is 5.97 Å². The van der Waals surface area contributed by atoms with Gasteiger partial charge in [0.25, 0.3) is 0 Å². The van der Waals surface area contributed by atoms with Crippen molar-refractivity contribution in [2.24, 2.45) is 10.7 Å². The number of aliphatic hydroxyl groups is 1. The van der Waals surface area contributed by atoms with E-state index in [-0.39, 0.29) is 17.7 Å². The third-order valence-electron chi connectivity index (χ3n) is 5.19. The average molecular weight is 509 g/mol. The Labute approximate surface area is 215 Å². The van der Waals surface area contributed by atoms with Crippen LogP contribution in [0.15, 0.2) is 89.2 Å². The molecule has 0 unspecified atom stereocenters. The summed E-state index contributed by atoms with van der Waals surface area (Å²) in [6, 6.07) is 1.95. The van der Waals surface area contributed by atoms with Crippen molar-refractivity contribution in [3.8, 4) is 0 Å². The van der Waals surface area contributed by atoms with Crippen LogP contribution in [0.2, 0.25) is 0 Å². The van der Waals surface area contributed by atoms with Crippen LogP contribution in [0.3, 0.4) is 0 Å². The van der Waals surface area contributed by atoms with Gasteiger partial charge in [0, 0.05) is 23.5 Å². The third kappa shape index (κ3) is 9.61. The monoisotopic (exact) mass is 508 g/mol. The number of carboxylic acid groups (broad SMARTS) is 1. The minimum atomic E-state index is -2.04. The fourth-order valence-electron chi connectivity index (χ4n) is 3.10. The summed E-state index contributed by atoms with van der Waals surface area (Å²) in [6.07, 6.45) is 17.6. The number of rotatable bonds is 12. The molecule has 0 bridgehead atoms. The molecule has 2 amide bonds. The zero-order valence-electron chi connectivity index (χ0n) is 20.9. The highest BCUT2D eigenvalue weighted by Crippen LogP contribution is 2.17. The number of nitrogens with zero attached hydrogens (tertiary/aromatic N) is 1. The molecule has 0 fully saturated rings. The maximum Gasteiger partial charge on any atom is 0.329 e. The molecule has 0 aliphatic carbocycles. The zero-order valence-corrected chi connectivity index (χ0v) is 20.9. The standard InChI is InChI=1S/C27H32N4O6/c1-17(16-21-19(3)37-22(30-21)14-13-20-12-9-15-29-20)10-7-5-4-6-8-11-18(2)26(34)31-23(27(35)36)24(32)25(28)33/h4-16,19,21,23-24,29,32H,1-3H3,(H2,28,33)(H,31,34)(H,35,36)/b5-4+,8-6+,10-7+,14-13+,17-16+,18-11+/t19-,21-,23+,24+/m1/s1. The topological polar surface area (TPSA) is 167 Å². The molecule has 37 heavy (non-hydrogen) atoms. The summed E-state index contributed by atoms with van der Waals surface area (Å²) in [6.45, 7) is 5.41. The lowest BCUT2D eigenvalue weighted by Crippen LogP contribution is -2.53. The Bertz CT molecular complexity index is 1170. The van der Waals surface area contributed by atoms with E-state index in [1.54, 1.807) is 18.2 Å². The number of hydrogen-bond donors (Lipinski definition) is 5. The first-order valence-electron chi connectivity index (χ1n) is 11.5. The number of aromatic amines is 1. The molecule has 2 rings (SSSR count). The van der Waals surface area contributed by atoms with Gasteiger partial charge < -0.3 is 31.0 Å². The van der Waals surface area contributed by atoms with E-state index >= 15 is 0 Å². The van der Waals surface area contributed by atoms with Gasteiger partial charge in [0.1, 0.15) is 12.1 Å². The van der Waals surface area contributed by atoms with Crippen molar-refractivity contribution < 1.29 is 29.3 Å². The quantitative estimate of drug-likeness (QED) is 0.214. The van der Waals surface area contributed by atoms with E-state index in [0.29, 0.717) is 5.90 Å². The predicted molar refractivity (Wildman–Crippen MR) is 141 cm³/mol. The fraction of sp³-hybridized carbons (Fsp3) is 0.259. The van der Waals surface area contributed by atoms with Gasteiger partial charge in [-0.2, -0.15) is 0 Å². The first kappa shape index (κ1) is 28.8. The fourth-order valence-corrected chi connectivity index (χ4v) is 3.10. The molecule has 196 valence electrons. The van der Waals surface area contributed by atoms with E-state index in [4.69, 9.17) is 15.6 Å². The van der Waals surface area contributed by atoms with Crippen LogP contribution in [-0.2, 0) is 19.1 Å². The predicted octanol–water partition coefficient (Wildman–Crippen LogP) is 2.19. The van der Waals surface area contributed by atoms with E-state index in [1.807, 2.05) is 68.6 Å². The normalized spacial score (nSPS) is 20.5. The van der Waals surface area contributed by atoms with Crippen molar-refractivity contribution in [2.45, 2.75) is 45.1 Å². The Hall–Kier alpha value is -4.44. The number of carboxylic acids is 1. The van der Waals surface area contributed by atoms with Crippen molar-refractivity contribution in [1.82, 2.24) is 10.3 Å². The molecule has 10 nitrogen and oxygen atoms in total. The number of allylic oxidation sites excluding steroid dienone is 8. The van der Waals surface area contributed by atoms with Crippen LogP contribution in [0.25, 0.3) is 6.08 Å². The molecule has 0 aromatic carbocycles. The minimum Gasteiger partial charge on any atom is -0.480 e. The summed E-state index contributed by atoms with van der Waals surface area (Å²) >= 11 is 0. The van der Waals surface area contributed by atoms with Gasteiger partial charge in [-0.1, -0.05) is 54.2 Å². The molecule has 0 spiro atoms. The zero-order chi connectivity index (χ0) is 27.4. The second-order valence-corrected chi connectivity index (χ2v) is 8.27. The second-order valence-electron chi connectivity index (χ2n) is 8.27. The van der Waals surface area contributed by atoms with Crippen LogP contribution in [0.1, 0.15) is 26.5 Å². The average Bonchev–Trinajstić information content (AvgIpc) is 3.49. The van der Waals surface area contributed by atoms with Gasteiger partial charge in [-0.15, -0.1) is 0 Å². The molecular formula is C27H32N4O6. The number of hydrogen-bond acceptors (Lipinski definition) is 6. The van der Waals surface area contributed by atoms with Crippen LogP contribution < -0.4 is 11.1 Å². The van der Waals surface area contributed by atoms with Crippen LogP contribution in [0.4, 0.5) is 0 Å². The molecule has 6 N–H and O–H groups in total. The molecule has 4 atom stereocenters. The summed E-state index contributed by atoms with van der Waals surface area (Å²) < 4.78 is 5.80. The summed E-state index contributed by atoms with van der Waals surface area (Å²) in [5.74, 6) is -2.99. The summed E-state index contributed by atoms with van der Waals surface area (Å²) in [5, 5.41) is 20.7. The molecular weight excluding hydrogens is 476 g/mol. The lowest BCUT2D eigenvalue weighted by Gasteiger charge is -2.17. The number of ether oxygens (including phenoxy) is 1.